The van der Waals surface area contributed by atoms with Crippen molar-refractivity contribution in [1.82, 2.24) is 9.88 Å². The number of nitrogens with one attached hydrogen (secondary N) is 1. The lowest BCUT2D eigenvalue weighted by molar-refractivity contribution is 0.0706. The number of rotatable bonds is 5. The van der Waals surface area contributed by atoms with Crippen molar-refractivity contribution in [2.45, 2.75) is 64.1 Å². The summed E-state index contributed by atoms with van der Waals surface area (Å²) in [5, 5.41) is 21.4. The van der Waals surface area contributed by atoms with E-state index in [1.54, 1.807) is 6.07 Å². The van der Waals surface area contributed by atoms with Crippen LogP contribution in [0.15, 0.2) is 6.07 Å². The van der Waals surface area contributed by atoms with E-state index in [1.807, 2.05) is 27.7 Å². The van der Waals surface area contributed by atoms with Gasteiger partial charge in [0.05, 0.1) is 5.56 Å². The van der Waals surface area contributed by atoms with E-state index in [9.17, 15) is 14.3 Å². The molecule has 1 aliphatic carbocycles. The second-order valence-corrected chi connectivity index (χ2v) is 7.91. The van der Waals surface area contributed by atoms with Crippen LogP contribution in [0.4, 0.5) is 15.0 Å². The van der Waals surface area contributed by atoms with E-state index < -0.39 is 23.0 Å². The SMILES string of the molecule is CC(CC1(Nc2nc(Cl)c(C#N)cc2F)CC1)N(C(=O)O)C(C)(C)C. The molecule has 0 spiro atoms. The maximum atomic E-state index is 14.1. The monoisotopic (exact) mass is 368 g/mol. The standard InChI is InChI=1S/C17H22ClFN4O2/c1-10(23(15(24)25)16(2,3)4)8-17(5-6-17)22-14-12(19)7-11(9-20)13(18)21-14/h7,10H,5-6,8H2,1-4H3,(H,21,22)(H,24,25). The Balaban J connectivity index is 2.17. The zero-order chi connectivity index (χ0) is 19.0. The van der Waals surface area contributed by atoms with Crippen molar-refractivity contribution in [3.05, 3.63) is 22.6 Å². The molecular weight excluding hydrogens is 347 g/mol. The van der Waals surface area contributed by atoms with E-state index in [2.05, 4.69) is 10.3 Å². The van der Waals surface area contributed by atoms with Gasteiger partial charge in [-0.05, 0) is 53.0 Å². The van der Waals surface area contributed by atoms with Crippen molar-refractivity contribution in [1.29, 1.82) is 5.26 Å². The number of nitriles is 1. The van der Waals surface area contributed by atoms with Gasteiger partial charge >= 0.3 is 6.09 Å². The number of nitrogens with zero attached hydrogens (tertiary/aromatic N) is 3. The van der Waals surface area contributed by atoms with Crippen LogP contribution in [-0.4, -0.2) is 38.2 Å². The number of carbonyl (C=O) groups is 1. The Morgan fingerprint density at radius 3 is 2.64 bits per heavy atom. The number of hydrogen-bond acceptors (Lipinski definition) is 4. The average Bonchev–Trinajstić information content (AvgIpc) is 3.19. The van der Waals surface area contributed by atoms with Gasteiger partial charge in [0.1, 0.15) is 11.2 Å². The Bertz CT molecular complexity index is 723. The number of anilines is 1. The van der Waals surface area contributed by atoms with E-state index in [-0.39, 0.29) is 22.6 Å². The topological polar surface area (TPSA) is 89.3 Å². The minimum absolute atomic E-state index is 0.00802. The highest BCUT2D eigenvalue weighted by atomic mass is 35.5. The van der Waals surface area contributed by atoms with Crippen molar-refractivity contribution >= 4 is 23.5 Å². The van der Waals surface area contributed by atoms with Gasteiger partial charge in [-0.3, -0.25) is 0 Å². The summed E-state index contributed by atoms with van der Waals surface area (Å²) in [6, 6.07) is 2.58. The van der Waals surface area contributed by atoms with Crippen LogP contribution in [0.1, 0.15) is 52.5 Å². The fourth-order valence-electron chi connectivity index (χ4n) is 3.21. The van der Waals surface area contributed by atoms with Crippen LogP contribution in [0.25, 0.3) is 0 Å². The van der Waals surface area contributed by atoms with Gasteiger partial charge in [0.25, 0.3) is 0 Å². The van der Waals surface area contributed by atoms with E-state index >= 15 is 0 Å². The molecule has 0 aromatic carbocycles. The molecule has 6 nitrogen and oxygen atoms in total. The molecule has 0 radical (unpaired) electrons. The predicted molar refractivity (Wildman–Crippen MR) is 93.2 cm³/mol. The van der Waals surface area contributed by atoms with Crippen molar-refractivity contribution in [2.24, 2.45) is 0 Å². The summed E-state index contributed by atoms with van der Waals surface area (Å²) < 4.78 is 14.1. The smallest absolute Gasteiger partial charge is 0.407 e. The summed E-state index contributed by atoms with van der Waals surface area (Å²) in [5.41, 5.74) is -0.973. The first kappa shape index (κ1) is 19.3. The van der Waals surface area contributed by atoms with Crippen LogP contribution in [0.3, 0.4) is 0 Å². The van der Waals surface area contributed by atoms with Crippen LogP contribution in [-0.2, 0) is 0 Å². The van der Waals surface area contributed by atoms with Gasteiger partial charge in [0.15, 0.2) is 11.6 Å². The molecule has 2 rings (SSSR count). The lowest BCUT2D eigenvalue weighted by Crippen LogP contribution is -2.51. The Morgan fingerprint density at radius 1 is 1.60 bits per heavy atom. The van der Waals surface area contributed by atoms with Gasteiger partial charge in [0.2, 0.25) is 0 Å². The van der Waals surface area contributed by atoms with E-state index in [4.69, 9.17) is 16.9 Å². The number of pyridine rings is 1. The number of aromatic nitrogens is 1. The maximum Gasteiger partial charge on any atom is 0.407 e. The fourth-order valence-corrected chi connectivity index (χ4v) is 3.39. The van der Waals surface area contributed by atoms with E-state index in [1.165, 1.54) is 4.90 Å². The van der Waals surface area contributed by atoms with Crippen molar-refractivity contribution in [2.75, 3.05) is 5.32 Å². The van der Waals surface area contributed by atoms with Crippen LogP contribution in [0.2, 0.25) is 5.15 Å². The van der Waals surface area contributed by atoms with Gasteiger partial charge in [-0.25, -0.2) is 14.2 Å². The first-order chi connectivity index (χ1) is 11.5. The zero-order valence-electron chi connectivity index (χ0n) is 14.7. The molecule has 2 N–H and O–H groups in total. The van der Waals surface area contributed by atoms with Crippen molar-refractivity contribution in [3.8, 4) is 6.07 Å². The molecular formula is C17H22ClFN4O2. The van der Waals surface area contributed by atoms with Crippen molar-refractivity contribution < 1.29 is 14.3 Å². The van der Waals surface area contributed by atoms with Gasteiger partial charge in [-0.1, -0.05) is 11.6 Å². The molecule has 136 valence electrons. The highest BCUT2D eigenvalue weighted by molar-refractivity contribution is 6.30. The highest BCUT2D eigenvalue weighted by Gasteiger charge is 2.46. The normalized spacial score (nSPS) is 16.7. The lowest BCUT2D eigenvalue weighted by atomic mass is 9.99. The molecule has 0 aliphatic heterocycles. The Labute approximate surface area is 151 Å². The van der Waals surface area contributed by atoms with Gasteiger partial charge < -0.3 is 15.3 Å². The van der Waals surface area contributed by atoms with E-state index in [0.29, 0.717) is 6.42 Å². The molecule has 8 heteroatoms. The summed E-state index contributed by atoms with van der Waals surface area (Å²) in [6.07, 6.45) is 1.11. The summed E-state index contributed by atoms with van der Waals surface area (Å²) in [7, 11) is 0. The number of carboxylic acid groups (broad SMARTS) is 1. The molecule has 1 aromatic rings. The average molecular weight is 369 g/mol. The minimum atomic E-state index is -0.985. The van der Waals surface area contributed by atoms with Gasteiger partial charge in [-0.15, -0.1) is 0 Å². The summed E-state index contributed by atoms with van der Waals surface area (Å²) in [6.45, 7) is 7.36. The van der Waals surface area contributed by atoms with E-state index in [0.717, 1.165) is 18.9 Å². The zero-order valence-corrected chi connectivity index (χ0v) is 15.5. The van der Waals surface area contributed by atoms with Gasteiger partial charge in [-0.2, -0.15) is 5.26 Å². The molecule has 0 saturated heterocycles. The molecule has 1 aliphatic rings. The number of halogens is 2. The fraction of sp³-hybridized carbons (Fsp3) is 0.588. The summed E-state index contributed by atoms with van der Waals surface area (Å²) in [5.74, 6) is -0.655. The molecule has 1 saturated carbocycles. The van der Waals surface area contributed by atoms with Crippen LogP contribution in [0, 0.1) is 17.1 Å². The molecule has 1 fully saturated rings. The van der Waals surface area contributed by atoms with Crippen LogP contribution >= 0.6 is 11.6 Å². The maximum absolute atomic E-state index is 14.1. The number of amides is 1. The molecule has 0 bridgehead atoms. The third kappa shape index (κ3) is 4.31. The van der Waals surface area contributed by atoms with Crippen molar-refractivity contribution in [3.63, 3.8) is 0 Å². The predicted octanol–water partition coefficient (Wildman–Crippen LogP) is 4.25. The molecule has 1 aromatic heterocycles. The second-order valence-electron chi connectivity index (χ2n) is 7.55. The molecule has 25 heavy (non-hydrogen) atoms. The molecule has 1 heterocycles. The first-order valence-electron chi connectivity index (χ1n) is 8.06. The summed E-state index contributed by atoms with van der Waals surface area (Å²) in [4.78, 5) is 16.9. The third-order valence-corrected chi connectivity index (χ3v) is 4.63. The Kier molecular flexibility index (Phi) is 5.14. The van der Waals surface area contributed by atoms with Crippen LogP contribution < -0.4 is 5.32 Å². The highest BCUT2D eigenvalue weighted by Crippen LogP contribution is 2.44. The quantitative estimate of drug-likeness (QED) is 0.758. The van der Waals surface area contributed by atoms with Crippen LogP contribution in [0.5, 0.6) is 0 Å². The summed E-state index contributed by atoms with van der Waals surface area (Å²) >= 11 is 5.88. The third-order valence-electron chi connectivity index (χ3n) is 4.34. The largest absolute Gasteiger partial charge is 0.465 e. The first-order valence-corrected chi connectivity index (χ1v) is 8.43. The lowest BCUT2D eigenvalue weighted by Gasteiger charge is -2.39. The number of hydrogen-bond donors (Lipinski definition) is 2. The Morgan fingerprint density at radius 2 is 2.20 bits per heavy atom. The second kappa shape index (κ2) is 6.68. The Hall–Kier alpha value is -2.07. The molecule has 1 unspecified atom stereocenters. The molecule has 1 amide bonds. The van der Waals surface area contributed by atoms with Gasteiger partial charge in [0, 0.05) is 17.1 Å². The molecule has 1 atom stereocenters. The minimum Gasteiger partial charge on any atom is -0.465 e.